The third-order valence-corrected chi connectivity index (χ3v) is 8.15. The lowest BCUT2D eigenvalue weighted by Crippen LogP contribution is -2.36. The molecular formula is C37H38N6. The summed E-state index contributed by atoms with van der Waals surface area (Å²) in [5.74, 6) is 0.201. The van der Waals surface area contributed by atoms with E-state index in [1.54, 1.807) is 0 Å². The zero-order chi connectivity index (χ0) is 29.8. The Morgan fingerprint density at radius 2 is 1.26 bits per heavy atom. The largest absolute Gasteiger partial charge is 0.303 e. The van der Waals surface area contributed by atoms with Gasteiger partial charge in [-0.25, -0.2) is 0 Å². The molecule has 6 heteroatoms. The molecule has 0 radical (unpaired) electrons. The summed E-state index contributed by atoms with van der Waals surface area (Å²) < 4.78 is 0. The van der Waals surface area contributed by atoms with Crippen molar-refractivity contribution in [2.24, 2.45) is 5.92 Å². The van der Waals surface area contributed by atoms with Crippen molar-refractivity contribution in [3.05, 3.63) is 143 Å². The normalized spacial score (nSPS) is 13.0. The molecule has 0 spiro atoms. The quantitative estimate of drug-likeness (QED) is 0.181. The molecule has 43 heavy (non-hydrogen) atoms. The maximum atomic E-state index is 5.18. The third-order valence-electron chi connectivity index (χ3n) is 8.15. The highest BCUT2D eigenvalue weighted by Gasteiger charge is 2.24. The molecular weight excluding hydrogens is 528 g/mol. The predicted octanol–water partition coefficient (Wildman–Crippen LogP) is 7.34. The van der Waals surface area contributed by atoms with E-state index in [0.29, 0.717) is 6.54 Å². The van der Waals surface area contributed by atoms with Gasteiger partial charge in [-0.15, -0.1) is 0 Å². The highest BCUT2D eigenvalue weighted by molar-refractivity contribution is 5.83. The van der Waals surface area contributed by atoms with Gasteiger partial charge in [-0.1, -0.05) is 67.6 Å². The number of aryl methyl sites for hydroxylation is 3. The Bertz CT molecular complexity index is 1770. The van der Waals surface area contributed by atoms with Crippen LogP contribution in [0.5, 0.6) is 0 Å². The molecule has 2 N–H and O–H groups in total. The van der Waals surface area contributed by atoms with Gasteiger partial charge in [-0.05, 0) is 74.2 Å². The van der Waals surface area contributed by atoms with Gasteiger partial charge in [-0.3, -0.25) is 19.9 Å². The summed E-state index contributed by atoms with van der Waals surface area (Å²) in [5, 5.41) is 9.90. The van der Waals surface area contributed by atoms with Crippen LogP contribution in [0.15, 0.2) is 103 Å². The van der Waals surface area contributed by atoms with E-state index in [0.717, 1.165) is 67.9 Å². The van der Waals surface area contributed by atoms with E-state index >= 15 is 0 Å². The second-order valence-corrected chi connectivity index (χ2v) is 11.5. The van der Waals surface area contributed by atoms with Crippen LogP contribution in [0.3, 0.4) is 0 Å². The van der Waals surface area contributed by atoms with Crippen LogP contribution in [0.2, 0.25) is 0 Å². The zero-order valence-corrected chi connectivity index (χ0v) is 25.3. The maximum absolute atomic E-state index is 5.18. The molecule has 0 amide bonds. The van der Waals surface area contributed by atoms with Crippen molar-refractivity contribution in [3.63, 3.8) is 0 Å². The first kappa shape index (κ1) is 28.6. The lowest BCUT2D eigenvalue weighted by atomic mass is 9.96. The maximum Gasteiger partial charge on any atom is 0.0925 e. The second-order valence-electron chi connectivity index (χ2n) is 11.5. The van der Waals surface area contributed by atoms with Gasteiger partial charge in [0.25, 0.3) is 0 Å². The summed E-state index contributed by atoms with van der Waals surface area (Å²) in [6, 6.07) is 33.3. The number of rotatable bonds is 10. The van der Waals surface area contributed by atoms with Gasteiger partial charge in [0.2, 0.25) is 0 Å². The van der Waals surface area contributed by atoms with E-state index in [-0.39, 0.29) is 18.0 Å². The van der Waals surface area contributed by atoms with Crippen LogP contribution in [0, 0.1) is 26.7 Å². The van der Waals surface area contributed by atoms with E-state index in [1.807, 2.05) is 31.3 Å². The number of hydrogen-bond acceptors (Lipinski definition) is 6. The lowest BCUT2D eigenvalue weighted by Gasteiger charge is -2.27. The van der Waals surface area contributed by atoms with Crippen LogP contribution in [0.25, 0.3) is 21.8 Å². The molecule has 216 valence electrons. The number of hydrogen-bond donors (Lipinski definition) is 2. The minimum Gasteiger partial charge on any atom is -0.303 e. The SMILES string of the molecule is Cc1cccc(CNC(c2ccccn2)C(C)CNC(c2ccc3cccc(C)c3n2)c2ccc3cccc(C)c3n2)n1. The van der Waals surface area contributed by atoms with Crippen molar-refractivity contribution in [2.75, 3.05) is 6.54 Å². The minimum absolute atomic E-state index is 0.0234. The number of pyridine rings is 4. The number of para-hydroxylation sites is 2. The second kappa shape index (κ2) is 12.8. The molecule has 0 saturated carbocycles. The van der Waals surface area contributed by atoms with Crippen molar-refractivity contribution in [2.45, 2.75) is 46.3 Å². The fourth-order valence-corrected chi connectivity index (χ4v) is 5.79. The molecule has 0 aliphatic heterocycles. The summed E-state index contributed by atoms with van der Waals surface area (Å²) in [5.41, 5.74) is 9.34. The molecule has 6 rings (SSSR count). The topological polar surface area (TPSA) is 75.6 Å². The number of aromatic nitrogens is 4. The first-order valence-electron chi connectivity index (χ1n) is 15.0. The van der Waals surface area contributed by atoms with Crippen LogP contribution in [-0.4, -0.2) is 26.5 Å². The van der Waals surface area contributed by atoms with E-state index < -0.39 is 0 Å². The highest BCUT2D eigenvalue weighted by Crippen LogP contribution is 2.28. The summed E-state index contributed by atoms with van der Waals surface area (Å²) in [6.07, 6.45) is 1.86. The van der Waals surface area contributed by atoms with E-state index in [2.05, 4.69) is 110 Å². The number of nitrogens with zero attached hydrogens (tertiary/aromatic N) is 4. The van der Waals surface area contributed by atoms with Crippen molar-refractivity contribution in [3.8, 4) is 0 Å². The third kappa shape index (κ3) is 6.46. The number of benzene rings is 2. The smallest absolute Gasteiger partial charge is 0.0925 e. The average Bonchev–Trinajstić information content (AvgIpc) is 3.02. The Morgan fingerprint density at radius 1 is 0.605 bits per heavy atom. The Balaban J connectivity index is 1.32. The fourth-order valence-electron chi connectivity index (χ4n) is 5.79. The molecule has 6 nitrogen and oxygen atoms in total. The van der Waals surface area contributed by atoms with Gasteiger partial charge in [0.1, 0.15) is 0 Å². The Hall–Kier alpha value is -4.52. The summed E-state index contributed by atoms with van der Waals surface area (Å²) >= 11 is 0. The molecule has 2 atom stereocenters. The van der Waals surface area contributed by atoms with Gasteiger partial charge in [0, 0.05) is 35.8 Å². The van der Waals surface area contributed by atoms with Crippen molar-refractivity contribution in [1.82, 2.24) is 30.6 Å². The molecule has 0 saturated heterocycles. The number of fused-ring (bicyclic) bond motifs is 2. The average molecular weight is 567 g/mol. The molecule has 4 aromatic heterocycles. The minimum atomic E-state index is -0.182. The first-order chi connectivity index (χ1) is 21.0. The van der Waals surface area contributed by atoms with Gasteiger partial charge < -0.3 is 10.6 Å². The van der Waals surface area contributed by atoms with Crippen molar-refractivity contribution < 1.29 is 0 Å². The molecule has 2 unspecified atom stereocenters. The van der Waals surface area contributed by atoms with Gasteiger partial charge in [0.15, 0.2) is 0 Å². The van der Waals surface area contributed by atoms with E-state index in [1.165, 1.54) is 0 Å². The van der Waals surface area contributed by atoms with Crippen LogP contribution in [0.1, 0.15) is 58.6 Å². The monoisotopic (exact) mass is 566 g/mol. The molecule has 0 aliphatic carbocycles. The molecule has 0 aliphatic rings. The van der Waals surface area contributed by atoms with Crippen molar-refractivity contribution >= 4 is 21.8 Å². The molecule has 4 heterocycles. The number of nitrogens with one attached hydrogen (secondary N) is 2. The van der Waals surface area contributed by atoms with Crippen LogP contribution < -0.4 is 10.6 Å². The van der Waals surface area contributed by atoms with Gasteiger partial charge >= 0.3 is 0 Å². The summed E-state index contributed by atoms with van der Waals surface area (Å²) in [7, 11) is 0. The van der Waals surface area contributed by atoms with Crippen LogP contribution in [-0.2, 0) is 6.54 Å². The van der Waals surface area contributed by atoms with Crippen LogP contribution >= 0.6 is 0 Å². The standard InChI is InChI=1S/C37H38N6/c1-24-10-7-13-28-17-19-32(42-34(24)28)37(33-20-18-29-14-8-11-25(2)35(29)43-33)39-22-26(3)36(31-16-5-6-21-38-31)40-23-30-15-9-12-27(4)41-30/h5-21,26,36-37,39-40H,22-23H2,1-4H3. The van der Waals surface area contributed by atoms with E-state index in [9.17, 15) is 0 Å². The van der Waals surface area contributed by atoms with Crippen LogP contribution in [0.4, 0.5) is 0 Å². The zero-order valence-electron chi connectivity index (χ0n) is 25.3. The van der Waals surface area contributed by atoms with E-state index in [4.69, 9.17) is 19.9 Å². The molecule has 0 fully saturated rings. The highest BCUT2D eigenvalue weighted by atomic mass is 15.0. The Morgan fingerprint density at radius 3 is 1.86 bits per heavy atom. The van der Waals surface area contributed by atoms with Gasteiger partial charge in [-0.2, -0.15) is 0 Å². The summed E-state index contributed by atoms with van der Waals surface area (Å²) in [6.45, 7) is 9.91. The fraction of sp³-hybridized carbons (Fsp3) is 0.243. The molecule has 6 aromatic rings. The molecule has 2 aromatic carbocycles. The molecule has 0 bridgehead atoms. The summed E-state index contributed by atoms with van der Waals surface area (Å²) in [4.78, 5) is 19.8. The predicted molar refractivity (Wildman–Crippen MR) is 175 cm³/mol. The van der Waals surface area contributed by atoms with Gasteiger partial charge in [0.05, 0.1) is 45.9 Å². The lowest BCUT2D eigenvalue weighted by molar-refractivity contribution is 0.348. The Kier molecular flexibility index (Phi) is 8.50. The van der Waals surface area contributed by atoms with Crippen molar-refractivity contribution in [1.29, 1.82) is 0 Å². The first-order valence-corrected chi connectivity index (χ1v) is 15.0. The Labute approximate surface area is 253 Å².